The number of aromatic nitrogens is 4. The van der Waals surface area contributed by atoms with Gasteiger partial charge < -0.3 is 5.32 Å². The summed E-state index contributed by atoms with van der Waals surface area (Å²) < 4.78 is 1.63. The second kappa shape index (κ2) is 3.99. The smallest absolute Gasteiger partial charge is 0.252 e. The van der Waals surface area contributed by atoms with Crippen molar-refractivity contribution in [3.63, 3.8) is 0 Å². The molecule has 84 valence electrons. The average Bonchev–Trinajstić information content (AvgIpc) is 2.86. The molecule has 0 amide bonds. The third-order valence-corrected chi connectivity index (χ3v) is 2.99. The predicted molar refractivity (Wildman–Crippen MR) is 60.5 cm³/mol. The maximum atomic E-state index is 5.83. The van der Waals surface area contributed by atoms with Gasteiger partial charge >= 0.3 is 0 Å². The molecule has 0 radical (unpaired) electrons. The van der Waals surface area contributed by atoms with Crippen LogP contribution in [0.3, 0.4) is 0 Å². The molecule has 1 fully saturated rings. The van der Waals surface area contributed by atoms with Crippen LogP contribution in [0.2, 0.25) is 5.02 Å². The van der Waals surface area contributed by atoms with E-state index >= 15 is 0 Å². The van der Waals surface area contributed by atoms with Gasteiger partial charge in [0, 0.05) is 12.5 Å². The van der Waals surface area contributed by atoms with E-state index in [1.54, 1.807) is 16.9 Å². The van der Waals surface area contributed by atoms with Crippen LogP contribution in [-0.4, -0.2) is 32.2 Å². The first-order valence-corrected chi connectivity index (χ1v) is 5.79. The van der Waals surface area contributed by atoms with E-state index in [1.165, 1.54) is 12.8 Å². The molecule has 1 atom stereocenters. The zero-order valence-corrected chi connectivity index (χ0v) is 9.48. The summed E-state index contributed by atoms with van der Waals surface area (Å²) in [6.45, 7) is 1.10. The van der Waals surface area contributed by atoms with Gasteiger partial charge in [-0.2, -0.15) is 4.98 Å². The molecule has 1 aliphatic heterocycles. The second-order valence-electron chi connectivity index (χ2n) is 4.04. The van der Waals surface area contributed by atoms with Gasteiger partial charge in [-0.05, 0) is 19.4 Å². The van der Waals surface area contributed by atoms with Gasteiger partial charge in [-0.1, -0.05) is 11.6 Å². The summed E-state index contributed by atoms with van der Waals surface area (Å²) in [5.74, 6) is 1.44. The van der Waals surface area contributed by atoms with E-state index in [1.807, 2.05) is 0 Å². The molecule has 16 heavy (non-hydrogen) atoms. The maximum Gasteiger partial charge on any atom is 0.252 e. The molecule has 1 unspecified atom stereocenters. The number of halogens is 1. The van der Waals surface area contributed by atoms with Crippen molar-refractivity contribution >= 4 is 17.4 Å². The molecule has 5 nitrogen and oxygen atoms in total. The maximum absolute atomic E-state index is 5.83. The number of nitrogens with zero attached hydrogens (tertiary/aromatic N) is 4. The Morgan fingerprint density at radius 3 is 3.31 bits per heavy atom. The highest BCUT2D eigenvalue weighted by Gasteiger charge is 2.17. The fourth-order valence-corrected chi connectivity index (χ4v) is 2.18. The van der Waals surface area contributed by atoms with E-state index in [2.05, 4.69) is 20.4 Å². The zero-order chi connectivity index (χ0) is 11.0. The van der Waals surface area contributed by atoms with Crippen molar-refractivity contribution in [2.75, 3.05) is 6.54 Å². The summed E-state index contributed by atoms with van der Waals surface area (Å²) in [6, 6.07) is 0.507. The van der Waals surface area contributed by atoms with Crippen molar-refractivity contribution < 1.29 is 0 Å². The van der Waals surface area contributed by atoms with Crippen LogP contribution in [-0.2, 0) is 6.42 Å². The van der Waals surface area contributed by atoms with Gasteiger partial charge in [0.25, 0.3) is 5.78 Å². The monoisotopic (exact) mass is 237 g/mol. The number of hydrogen-bond acceptors (Lipinski definition) is 4. The van der Waals surface area contributed by atoms with Crippen LogP contribution < -0.4 is 5.32 Å². The van der Waals surface area contributed by atoms with Gasteiger partial charge in [-0.3, -0.25) is 0 Å². The lowest BCUT2D eigenvalue weighted by atomic mass is 10.1. The summed E-state index contributed by atoms with van der Waals surface area (Å²) >= 11 is 5.83. The van der Waals surface area contributed by atoms with Crippen LogP contribution in [0.5, 0.6) is 0 Å². The van der Waals surface area contributed by atoms with E-state index in [4.69, 9.17) is 11.6 Å². The van der Waals surface area contributed by atoms with E-state index < -0.39 is 0 Å². The molecule has 3 rings (SSSR count). The zero-order valence-electron chi connectivity index (χ0n) is 8.73. The SMILES string of the molecule is Clc1cnc2nc(CC3CCCN3)nn2c1. The minimum Gasteiger partial charge on any atom is -0.314 e. The van der Waals surface area contributed by atoms with Crippen LogP contribution in [0.4, 0.5) is 0 Å². The summed E-state index contributed by atoms with van der Waals surface area (Å²) in [5.41, 5.74) is 0. The van der Waals surface area contributed by atoms with Crippen molar-refractivity contribution in [1.82, 2.24) is 24.9 Å². The Kier molecular flexibility index (Phi) is 2.49. The fourth-order valence-electron chi connectivity index (χ4n) is 2.04. The van der Waals surface area contributed by atoms with E-state index in [9.17, 15) is 0 Å². The van der Waals surface area contributed by atoms with E-state index in [0.29, 0.717) is 16.8 Å². The molecule has 0 bridgehead atoms. The molecular formula is C10H12ClN5. The molecule has 1 N–H and O–H groups in total. The Morgan fingerprint density at radius 1 is 1.56 bits per heavy atom. The van der Waals surface area contributed by atoms with Crippen molar-refractivity contribution in [2.45, 2.75) is 25.3 Å². The van der Waals surface area contributed by atoms with Gasteiger partial charge in [-0.15, -0.1) is 5.10 Å². The molecule has 1 saturated heterocycles. The van der Waals surface area contributed by atoms with Crippen LogP contribution in [0, 0.1) is 0 Å². The molecule has 6 heteroatoms. The van der Waals surface area contributed by atoms with E-state index in [0.717, 1.165) is 18.8 Å². The number of hydrogen-bond donors (Lipinski definition) is 1. The highest BCUT2D eigenvalue weighted by atomic mass is 35.5. The molecule has 3 heterocycles. The van der Waals surface area contributed by atoms with Gasteiger partial charge in [0.05, 0.1) is 17.4 Å². The summed E-state index contributed by atoms with van der Waals surface area (Å²) in [5, 5.41) is 8.35. The standard InChI is InChI=1S/C10H12ClN5/c11-7-5-13-10-14-9(15-16(10)6-7)4-8-2-1-3-12-8/h5-6,8,12H,1-4H2. The lowest BCUT2D eigenvalue weighted by Gasteiger charge is -2.05. The summed E-state index contributed by atoms with van der Waals surface area (Å²) in [7, 11) is 0. The third kappa shape index (κ3) is 1.88. The summed E-state index contributed by atoms with van der Waals surface area (Å²) in [4.78, 5) is 8.47. The summed E-state index contributed by atoms with van der Waals surface area (Å²) in [6.07, 6.45) is 6.61. The topological polar surface area (TPSA) is 55.1 Å². The number of fused-ring (bicyclic) bond motifs is 1. The quantitative estimate of drug-likeness (QED) is 0.849. The largest absolute Gasteiger partial charge is 0.314 e. The Morgan fingerprint density at radius 2 is 2.50 bits per heavy atom. The molecule has 1 aliphatic rings. The van der Waals surface area contributed by atoms with Crippen molar-refractivity contribution in [3.05, 3.63) is 23.2 Å². The molecule has 0 spiro atoms. The van der Waals surface area contributed by atoms with Crippen molar-refractivity contribution in [2.24, 2.45) is 0 Å². The highest BCUT2D eigenvalue weighted by molar-refractivity contribution is 6.30. The Labute approximate surface area is 97.8 Å². The number of rotatable bonds is 2. The number of nitrogens with one attached hydrogen (secondary N) is 1. The lowest BCUT2D eigenvalue weighted by Crippen LogP contribution is -2.24. The van der Waals surface area contributed by atoms with Crippen LogP contribution in [0.15, 0.2) is 12.4 Å². The van der Waals surface area contributed by atoms with Gasteiger partial charge in [0.2, 0.25) is 0 Å². The van der Waals surface area contributed by atoms with Crippen molar-refractivity contribution in [1.29, 1.82) is 0 Å². The Hall–Kier alpha value is -1.20. The minimum absolute atomic E-state index is 0.507. The van der Waals surface area contributed by atoms with Crippen LogP contribution in [0.25, 0.3) is 5.78 Å². The first-order chi connectivity index (χ1) is 7.81. The third-order valence-electron chi connectivity index (χ3n) is 2.80. The van der Waals surface area contributed by atoms with Gasteiger partial charge in [0.15, 0.2) is 5.82 Å². The highest BCUT2D eigenvalue weighted by Crippen LogP contribution is 2.11. The van der Waals surface area contributed by atoms with Gasteiger partial charge in [-0.25, -0.2) is 9.50 Å². The molecular weight excluding hydrogens is 226 g/mol. The molecule has 0 saturated carbocycles. The van der Waals surface area contributed by atoms with E-state index in [-0.39, 0.29) is 0 Å². The molecule has 2 aromatic heterocycles. The molecule has 0 aromatic carbocycles. The Balaban J connectivity index is 1.86. The average molecular weight is 238 g/mol. The second-order valence-corrected chi connectivity index (χ2v) is 4.48. The minimum atomic E-state index is 0.507. The molecule has 0 aliphatic carbocycles. The lowest BCUT2D eigenvalue weighted by molar-refractivity contribution is 0.585. The van der Waals surface area contributed by atoms with Crippen molar-refractivity contribution in [3.8, 4) is 0 Å². The molecule has 2 aromatic rings. The predicted octanol–water partition coefficient (Wildman–Crippen LogP) is 1.07. The Bertz CT molecular complexity index is 503. The first kappa shape index (κ1) is 9.99. The first-order valence-electron chi connectivity index (χ1n) is 5.41. The van der Waals surface area contributed by atoms with Gasteiger partial charge in [0.1, 0.15) is 0 Å². The normalized spacial score (nSPS) is 20.7. The van der Waals surface area contributed by atoms with Crippen LogP contribution >= 0.6 is 11.6 Å². The fraction of sp³-hybridized carbons (Fsp3) is 0.500. The van der Waals surface area contributed by atoms with Crippen LogP contribution in [0.1, 0.15) is 18.7 Å².